The van der Waals surface area contributed by atoms with Crippen LogP contribution in [0, 0.1) is 0 Å². The summed E-state index contributed by atoms with van der Waals surface area (Å²) in [6.45, 7) is 9.71. The van der Waals surface area contributed by atoms with Crippen LogP contribution in [0.15, 0.2) is 42.9 Å². The average Bonchev–Trinajstić information content (AvgIpc) is 3.22. The molecule has 3 aromatic rings. The van der Waals surface area contributed by atoms with E-state index in [1.165, 1.54) is 11.1 Å². The fraction of sp³-hybridized carbons (Fsp3) is 0.517. The summed E-state index contributed by atoms with van der Waals surface area (Å²) >= 11 is 0. The van der Waals surface area contributed by atoms with Crippen molar-refractivity contribution < 1.29 is 9.53 Å². The van der Waals surface area contributed by atoms with Crippen molar-refractivity contribution in [1.82, 2.24) is 24.6 Å². The van der Waals surface area contributed by atoms with Crippen LogP contribution in [0.2, 0.25) is 0 Å². The summed E-state index contributed by atoms with van der Waals surface area (Å²) in [7, 11) is 0. The molecule has 0 saturated carbocycles. The molecule has 1 aliphatic heterocycles. The van der Waals surface area contributed by atoms with E-state index in [1.807, 2.05) is 35.7 Å². The van der Waals surface area contributed by atoms with Gasteiger partial charge in [-0.25, -0.2) is 9.97 Å². The third-order valence-electron chi connectivity index (χ3n) is 7.26. The Morgan fingerprint density at radius 2 is 2.00 bits per heavy atom. The maximum Gasteiger partial charge on any atom is 0.227 e. The van der Waals surface area contributed by atoms with Crippen molar-refractivity contribution in [3.8, 4) is 11.3 Å². The van der Waals surface area contributed by atoms with E-state index in [-0.39, 0.29) is 24.0 Å². The summed E-state index contributed by atoms with van der Waals surface area (Å²) in [5.41, 5.74) is 5.47. The fourth-order valence-electron chi connectivity index (χ4n) is 5.30. The predicted octanol–water partition coefficient (Wildman–Crippen LogP) is 5.50. The Kier molecular flexibility index (Phi) is 7.55. The number of amides is 1. The number of carbonyl (C=O) groups is 1. The molecule has 0 spiro atoms. The molecule has 1 amide bonds. The molecule has 0 radical (unpaired) electrons. The number of carbonyl (C=O) groups excluding carboxylic acids is 1. The van der Waals surface area contributed by atoms with Gasteiger partial charge in [0.05, 0.1) is 29.8 Å². The second kappa shape index (κ2) is 11.0. The Balaban J connectivity index is 1.28. The summed E-state index contributed by atoms with van der Waals surface area (Å²) in [6.07, 6.45) is 10.9. The van der Waals surface area contributed by atoms with E-state index in [2.05, 4.69) is 47.4 Å². The minimum atomic E-state index is 0.187. The molecule has 1 unspecified atom stereocenters. The number of nitrogens with zero attached hydrogens (tertiary/aromatic N) is 5. The minimum absolute atomic E-state index is 0.187. The van der Waals surface area contributed by atoms with Gasteiger partial charge in [-0.3, -0.25) is 9.48 Å². The largest absolute Gasteiger partial charge is 0.372 e. The second-order valence-corrected chi connectivity index (χ2v) is 10.9. The topological polar surface area (TPSA) is 85.2 Å². The van der Waals surface area contributed by atoms with Crippen molar-refractivity contribution in [1.29, 1.82) is 0 Å². The maximum atomic E-state index is 13.0. The maximum absolute atomic E-state index is 13.0. The number of aryl methyl sites for hydroxylation is 1. The molecule has 1 atom stereocenters. The number of hydrogen-bond acceptors (Lipinski definition) is 6. The molecule has 3 heterocycles. The number of hydrogen-bond donors (Lipinski definition) is 1. The van der Waals surface area contributed by atoms with Crippen LogP contribution in [0.1, 0.15) is 76.5 Å². The molecule has 1 saturated heterocycles. The summed E-state index contributed by atoms with van der Waals surface area (Å²) in [4.78, 5) is 24.1. The van der Waals surface area contributed by atoms with Crippen molar-refractivity contribution in [2.45, 2.75) is 84.0 Å². The number of rotatable bonds is 8. The van der Waals surface area contributed by atoms with Gasteiger partial charge in [-0.1, -0.05) is 18.6 Å². The predicted molar refractivity (Wildman–Crippen MR) is 145 cm³/mol. The highest BCUT2D eigenvalue weighted by atomic mass is 16.5. The lowest BCUT2D eigenvalue weighted by Gasteiger charge is -2.40. The Labute approximate surface area is 219 Å². The van der Waals surface area contributed by atoms with Crippen molar-refractivity contribution in [3.63, 3.8) is 0 Å². The highest BCUT2D eigenvalue weighted by Crippen LogP contribution is 2.36. The fourth-order valence-corrected chi connectivity index (χ4v) is 5.30. The Morgan fingerprint density at radius 1 is 1.16 bits per heavy atom. The highest BCUT2D eigenvalue weighted by Gasteiger charge is 2.33. The molecular formula is C29H38N6O2. The van der Waals surface area contributed by atoms with Crippen molar-refractivity contribution in [2.24, 2.45) is 0 Å². The zero-order chi connectivity index (χ0) is 25.9. The Hall–Kier alpha value is -3.26. The van der Waals surface area contributed by atoms with Crippen LogP contribution in [0.3, 0.4) is 0 Å². The van der Waals surface area contributed by atoms with E-state index in [0.717, 1.165) is 55.7 Å². The van der Waals surface area contributed by atoms with Crippen LogP contribution in [0.25, 0.3) is 11.3 Å². The van der Waals surface area contributed by atoms with Gasteiger partial charge in [0.1, 0.15) is 0 Å². The smallest absolute Gasteiger partial charge is 0.227 e. The molecule has 0 bridgehead atoms. The number of ether oxygens (including phenoxy) is 1. The first-order valence-electron chi connectivity index (χ1n) is 13.6. The van der Waals surface area contributed by atoms with Gasteiger partial charge in [0.2, 0.25) is 11.9 Å². The number of likely N-dealkylation sites (tertiary alicyclic amines) is 1. The molecular weight excluding hydrogens is 464 g/mol. The summed E-state index contributed by atoms with van der Waals surface area (Å²) in [5, 5.41) is 7.65. The molecule has 1 fully saturated rings. The SMILES string of the molecule is CC(C)OC1CN(C(=O)CC2CCCCc3cc(-c4ccnc(Nc5cnn(C(C)C)c5)n4)ccc32)C1. The lowest BCUT2D eigenvalue weighted by Crippen LogP contribution is -2.55. The molecule has 37 heavy (non-hydrogen) atoms. The molecule has 1 aromatic carbocycles. The Bertz CT molecular complexity index is 1230. The Morgan fingerprint density at radius 3 is 2.76 bits per heavy atom. The zero-order valence-corrected chi connectivity index (χ0v) is 22.4. The molecule has 8 heteroatoms. The molecule has 8 nitrogen and oxygen atoms in total. The number of aromatic nitrogens is 4. The van der Waals surface area contributed by atoms with Crippen LogP contribution in [0.4, 0.5) is 11.6 Å². The van der Waals surface area contributed by atoms with Gasteiger partial charge in [-0.15, -0.1) is 0 Å². The first kappa shape index (κ1) is 25.4. The van der Waals surface area contributed by atoms with Crippen molar-refractivity contribution in [2.75, 3.05) is 18.4 Å². The first-order chi connectivity index (χ1) is 17.9. The van der Waals surface area contributed by atoms with Gasteiger partial charge in [0, 0.05) is 43.5 Å². The first-order valence-corrected chi connectivity index (χ1v) is 13.6. The third kappa shape index (κ3) is 6.01. The van der Waals surface area contributed by atoms with Gasteiger partial charge in [0.15, 0.2) is 0 Å². The van der Waals surface area contributed by atoms with Gasteiger partial charge in [0.25, 0.3) is 0 Å². The third-order valence-corrected chi connectivity index (χ3v) is 7.26. The molecule has 2 aliphatic rings. The second-order valence-electron chi connectivity index (χ2n) is 10.9. The van der Waals surface area contributed by atoms with E-state index in [0.29, 0.717) is 18.4 Å². The van der Waals surface area contributed by atoms with E-state index in [9.17, 15) is 4.79 Å². The van der Waals surface area contributed by atoms with E-state index in [1.54, 1.807) is 12.4 Å². The number of fused-ring (bicyclic) bond motifs is 1. The van der Waals surface area contributed by atoms with Gasteiger partial charge >= 0.3 is 0 Å². The number of benzene rings is 1. The van der Waals surface area contributed by atoms with Gasteiger partial charge < -0.3 is 15.0 Å². The highest BCUT2D eigenvalue weighted by molar-refractivity contribution is 5.78. The normalized spacial score (nSPS) is 18.0. The van der Waals surface area contributed by atoms with E-state index in [4.69, 9.17) is 9.72 Å². The molecule has 196 valence electrons. The van der Waals surface area contributed by atoms with Crippen LogP contribution in [0.5, 0.6) is 0 Å². The summed E-state index contributed by atoms with van der Waals surface area (Å²) < 4.78 is 7.73. The monoisotopic (exact) mass is 502 g/mol. The molecule has 2 aromatic heterocycles. The van der Waals surface area contributed by atoms with Crippen molar-refractivity contribution in [3.05, 3.63) is 54.0 Å². The lowest BCUT2D eigenvalue weighted by atomic mass is 9.88. The minimum Gasteiger partial charge on any atom is -0.372 e. The lowest BCUT2D eigenvalue weighted by molar-refractivity contribution is -0.148. The van der Waals surface area contributed by atoms with Gasteiger partial charge in [-0.05, 0) is 76.1 Å². The zero-order valence-electron chi connectivity index (χ0n) is 22.4. The number of anilines is 2. The summed E-state index contributed by atoms with van der Waals surface area (Å²) in [6, 6.07) is 8.86. The van der Waals surface area contributed by atoms with Crippen LogP contribution >= 0.6 is 0 Å². The van der Waals surface area contributed by atoms with E-state index < -0.39 is 0 Å². The molecule has 1 aliphatic carbocycles. The molecule has 5 rings (SSSR count). The standard InChI is InChI=1S/C29H38N6O2/c1-19(2)35-16-24(15-31-35)32-29-30-12-11-27(33-29)23-9-10-26-21(13-23)7-5-6-8-22(26)14-28(36)34-17-25(18-34)37-20(3)4/h9-13,15-16,19-20,22,25H,5-8,14,17-18H2,1-4H3,(H,30,32,33). The quantitative estimate of drug-likeness (QED) is 0.410. The van der Waals surface area contributed by atoms with Gasteiger partial charge in [-0.2, -0.15) is 5.10 Å². The average molecular weight is 503 g/mol. The molecule has 1 N–H and O–H groups in total. The van der Waals surface area contributed by atoms with Crippen LogP contribution in [-0.4, -0.2) is 55.9 Å². The summed E-state index contributed by atoms with van der Waals surface area (Å²) in [5.74, 6) is 1.07. The van der Waals surface area contributed by atoms with Crippen LogP contribution in [-0.2, 0) is 16.0 Å². The van der Waals surface area contributed by atoms with E-state index >= 15 is 0 Å². The number of nitrogens with one attached hydrogen (secondary N) is 1. The van der Waals surface area contributed by atoms with Crippen molar-refractivity contribution >= 4 is 17.5 Å². The van der Waals surface area contributed by atoms with Crippen LogP contribution < -0.4 is 5.32 Å².